The summed E-state index contributed by atoms with van der Waals surface area (Å²) in [5, 5.41) is 11.9. The predicted molar refractivity (Wildman–Crippen MR) is 59.1 cm³/mol. The minimum atomic E-state index is -0.778. The molecule has 0 bridgehead atoms. The molecule has 0 saturated carbocycles. The monoisotopic (exact) mass is 251 g/mol. The molecule has 0 amide bonds. The van der Waals surface area contributed by atoms with E-state index in [2.05, 4.69) is 4.74 Å². The first-order chi connectivity index (χ1) is 8.54. The van der Waals surface area contributed by atoms with Crippen molar-refractivity contribution in [1.29, 1.82) is 0 Å². The summed E-state index contributed by atoms with van der Waals surface area (Å²) >= 11 is 0. The normalized spacial score (nSPS) is 10.4. The van der Waals surface area contributed by atoms with Gasteiger partial charge in [0.2, 0.25) is 0 Å². The molecule has 0 radical (unpaired) electrons. The number of esters is 1. The number of ether oxygens (including phenoxy) is 1. The van der Waals surface area contributed by atoms with Crippen LogP contribution in [0.2, 0.25) is 0 Å². The number of aryl methyl sites for hydroxylation is 1. The molecule has 0 atom stereocenters. The zero-order valence-corrected chi connectivity index (χ0v) is 9.77. The van der Waals surface area contributed by atoms with Crippen LogP contribution in [0.3, 0.4) is 0 Å². The third-order valence-electron chi connectivity index (χ3n) is 2.44. The second-order valence-corrected chi connectivity index (χ2v) is 3.60. The molecule has 0 aliphatic rings. The summed E-state index contributed by atoms with van der Waals surface area (Å²) in [4.78, 5) is 11.4. The molecule has 6 heteroatoms. The molecule has 0 fully saturated rings. The number of hydrogen-bond acceptors (Lipinski definition) is 4. The first kappa shape index (κ1) is 12.1. The lowest BCUT2D eigenvalue weighted by molar-refractivity contribution is -0.599. The van der Waals surface area contributed by atoms with E-state index in [4.69, 9.17) is 4.42 Å². The van der Waals surface area contributed by atoms with Crippen LogP contribution in [-0.2, 0) is 4.74 Å². The summed E-state index contributed by atoms with van der Waals surface area (Å²) < 4.78 is 22.8. The average Bonchev–Trinajstić information content (AvgIpc) is 2.65. The third kappa shape index (κ3) is 1.92. The summed E-state index contributed by atoms with van der Waals surface area (Å²) in [6.07, 6.45) is 0. The Morgan fingerprint density at radius 2 is 2.00 bits per heavy atom. The van der Waals surface area contributed by atoms with Gasteiger partial charge in [0.1, 0.15) is 5.82 Å². The van der Waals surface area contributed by atoms with Gasteiger partial charge in [-0.1, -0.05) is 0 Å². The van der Waals surface area contributed by atoms with E-state index >= 15 is 0 Å². The van der Waals surface area contributed by atoms with E-state index in [1.54, 1.807) is 0 Å². The van der Waals surface area contributed by atoms with Crippen molar-refractivity contribution in [2.45, 2.75) is 6.92 Å². The number of halogens is 1. The van der Waals surface area contributed by atoms with Crippen LogP contribution in [0.25, 0.3) is 11.5 Å². The first-order valence-corrected chi connectivity index (χ1v) is 5.11. The van der Waals surface area contributed by atoms with E-state index < -0.39 is 11.8 Å². The molecular weight excluding hydrogens is 241 g/mol. The topological polar surface area (TPSA) is 66.4 Å². The van der Waals surface area contributed by atoms with Crippen molar-refractivity contribution >= 4 is 5.97 Å². The second-order valence-electron chi connectivity index (χ2n) is 3.60. The molecule has 1 heterocycles. The Balaban J connectivity index is 2.53. The zero-order valence-electron chi connectivity index (χ0n) is 9.77. The zero-order chi connectivity index (χ0) is 13.3. The lowest BCUT2D eigenvalue weighted by Gasteiger charge is -1.98. The lowest BCUT2D eigenvalue weighted by Crippen LogP contribution is -2.34. The van der Waals surface area contributed by atoms with Crippen LogP contribution >= 0.6 is 0 Å². The maximum absolute atomic E-state index is 12.8. The molecular formula is C12H10FNO4. The van der Waals surface area contributed by atoms with Crippen LogP contribution in [0, 0.1) is 17.9 Å². The molecule has 0 N–H and O–H groups in total. The van der Waals surface area contributed by atoms with Crippen LogP contribution < -0.4 is 4.73 Å². The molecule has 5 nitrogen and oxygen atoms in total. The van der Waals surface area contributed by atoms with Gasteiger partial charge in [0.25, 0.3) is 0 Å². The molecule has 18 heavy (non-hydrogen) atoms. The number of rotatable bonds is 2. The summed E-state index contributed by atoms with van der Waals surface area (Å²) in [6, 6.07) is 5.18. The third-order valence-corrected chi connectivity index (χ3v) is 2.44. The number of carbonyl (C=O) groups excluding carboxylic acids is 1. The Morgan fingerprint density at radius 1 is 1.39 bits per heavy atom. The molecule has 0 spiro atoms. The van der Waals surface area contributed by atoms with Crippen molar-refractivity contribution < 1.29 is 23.1 Å². The van der Waals surface area contributed by atoms with E-state index in [1.807, 2.05) is 0 Å². The highest BCUT2D eigenvalue weighted by molar-refractivity contribution is 5.86. The highest BCUT2D eigenvalue weighted by Gasteiger charge is 2.30. The fourth-order valence-corrected chi connectivity index (χ4v) is 1.57. The summed E-state index contributed by atoms with van der Waals surface area (Å²) in [5.74, 6) is -1.13. The number of aromatic nitrogens is 1. The maximum atomic E-state index is 12.8. The van der Waals surface area contributed by atoms with E-state index in [-0.39, 0.29) is 17.3 Å². The molecule has 94 valence electrons. The number of hydrogen-bond donors (Lipinski definition) is 0. The molecule has 1 aromatic carbocycles. The van der Waals surface area contributed by atoms with Gasteiger partial charge in [-0.3, -0.25) is 0 Å². The van der Waals surface area contributed by atoms with Crippen LogP contribution in [0.15, 0.2) is 28.7 Å². The first-order valence-electron chi connectivity index (χ1n) is 5.11. The Bertz CT molecular complexity index is 589. The summed E-state index contributed by atoms with van der Waals surface area (Å²) in [6.45, 7) is 1.48. The summed E-state index contributed by atoms with van der Waals surface area (Å²) in [5.41, 5.74) is 0.168. The molecule has 0 aliphatic carbocycles. The number of carbonyl (C=O) groups is 1. The van der Waals surface area contributed by atoms with Crippen molar-refractivity contribution in [3.63, 3.8) is 0 Å². The van der Waals surface area contributed by atoms with Gasteiger partial charge < -0.3 is 14.4 Å². The largest absolute Gasteiger partial charge is 0.615 e. The lowest BCUT2D eigenvalue weighted by atomic mass is 10.2. The quantitative estimate of drug-likeness (QED) is 0.464. The van der Waals surface area contributed by atoms with Gasteiger partial charge in [0.15, 0.2) is 5.76 Å². The minimum absolute atomic E-state index is 0.0760. The smallest absolute Gasteiger partial charge is 0.408 e. The Hall–Kier alpha value is -2.37. The fraction of sp³-hybridized carbons (Fsp3) is 0.167. The molecule has 0 unspecified atom stereocenters. The SMILES string of the molecule is COC(=O)c1c(C)oc(-c2ccc(F)cc2)[n+]1[O-]. The van der Waals surface area contributed by atoms with Gasteiger partial charge in [-0.15, -0.1) is 4.73 Å². The van der Waals surface area contributed by atoms with Crippen LogP contribution in [-0.4, -0.2) is 13.1 Å². The van der Waals surface area contributed by atoms with Gasteiger partial charge in [-0.25, -0.2) is 9.18 Å². The van der Waals surface area contributed by atoms with E-state index in [0.717, 1.165) is 0 Å². The van der Waals surface area contributed by atoms with Crippen LogP contribution in [0.4, 0.5) is 4.39 Å². The Morgan fingerprint density at radius 3 is 2.56 bits per heavy atom. The molecule has 2 rings (SSSR count). The van der Waals surface area contributed by atoms with E-state index in [0.29, 0.717) is 10.3 Å². The molecule has 0 aliphatic heterocycles. The van der Waals surface area contributed by atoms with Crippen molar-refractivity contribution in [3.8, 4) is 11.5 Å². The average molecular weight is 251 g/mol. The number of oxazole rings is 1. The standard InChI is InChI=1S/C12H10FNO4/c1-7-10(12(15)17-2)14(16)11(18-7)8-3-5-9(13)6-4-8/h3-6H,1-2H3. The van der Waals surface area contributed by atoms with Crippen molar-refractivity contribution in [3.05, 3.63) is 46.7 Å². The fourth-order valence-electron chi connectivity index (χ4n) is 1.57. The highest BCUT2D eigenvalue weighted by atomic mass is 19.1. The van der Waals surface area contributed by atoms with Gasteiger partial charge in [-0.05, 0) is 24.3 Å². The van der Waals surface area contributed by atoms with Gasteiger partial charge in [-0.2, -0.15) is 0 Å². The predicted octanol–water partition coefficient (Wildman–Crippen LogP) is 1.81. The van der Waals surface area contributed by atoms with Crippen LogP contribution in [0.1, 0.15) is 16.2 Å². The molecule has 2 aromatic rings. The maximum Gasteiger partial charge on any atom is 0.408 e. The Kier molecular flexibility index (Phi) is 3.01. The molecule has 0 saturated heterocycles. The van der Waals surface area contributed by atoms with Crippen LogP contribution in [0.5, 0.6) is 0 Å². The van der Waals surface area contributed by atoms with E-state index in [9.17, 15) is 14.4 Å². The second kappa shape index (κ2) is 4.48. The van der Waals surface area contributed by atoms with Crippen molar-refractivity contribution in [1.82, 2.24) is 0 Å². The number of methoxy groups -OCH3 is 1. The number of benzene rings is 1. The van der Waals surface area contributed by atoms with Gasteiger partial charge in [0, 0.05) is 6.92 Å². The van der Waals surface area contributed by atoms with Crippen molar-refractivity contribution in [2.24, 2.45) is 0 Å². The minimum Gasteiger partial charge on any atom is -0.615 e. The highest BCUT2D eigenvalue weighted by Crippen LogP contribution is 2.20. The van der Waals surface area contributed by atoms with Gasteiger partial charge >= 0.3 is 17.6 Å². The molecule has 1 aromatic heterocycles. The Labute approximate surface area is 102 Å². The van der Waals surface area contributed by atoms with Crippen molar-refractivity contribution in [2.75, 3.05) is 7.11 Å². The van der Waals surface area contributed by atoms with Gasteiger partial charge in [0.05, 0.1) is 12.7 Å². The van der Waals surface area contributed by atoms with E-state index in [1.165, 1.54) is 38.3 Å². The number of nitrogens with zero attached hydrogens (tertiary/aromatic N) is 1. The summed E-state index contributed by atoms with van der Waals surface area (Å²) in [7, 11) is 1.17.